The second-order valence-corrected chi connectivity index (χ2v) is 7.10. The summed E-state index contributed by atoms with van der Waals surface area (Å²) in [6, 6.07) is 2.74. The second-order valence-electron chi connectivity index (χ2n) is 5.99. The predicted molar refractivity (Wildman–Crippen MR) is 94.6 cm³/mol. The molecule has 0 saturated heterocycles. The molecule has 1 aliphatic rings. The van der Waals surface area contributed by atoms with Gasteiger partial charge in [0.25, 0.3) is 5.91 Å². The molecule has 0 unspecified atom stereocenters. The van der Waals surface area contributed by atoms with Crippen LogP contribution in [-0.2, 0) is 17.7 Å². The maximum Gasteiger partial charge on any atom is 0.341 e. The van der Waals surface area contributed by atoms with E-state index in [1.165, 1.54) is 11.3 Å². The van der Waals surface area contributed by atoms with Crippen LogP contribution >= 0.6 is 11.3 Å². The zero-order valence-electron chi connectivity index (χ0n) is 14.4. The first kappa shape index (κ1) is 18.5. The number of nitrogens with one attached hydrogen (secondary N) is 1. The van der Waals surface area contributed by atoms with E-state index in [9.17, 15) is 18.4 Å². The van der Waals surface area contributed by atoms with Gasteiger partial charge in [0, 0.05) is 24.0 Å². The molecule has 1 aromatic heterocycles. The van der Waals surface area contributed by atoms with Gasteiger partial charge in [-0.1, -0.05) is 0 Å². The van der Waals surface area contributed by atoms with Crippen LogP contribution in [0.3, 0.4) is 0 Å². The summed E-state index contributed by atoms with van der Waals surface area (Å²) < 4.78 is 32.0. The minimum atomic E-state index is -0.957. The van der Waals surface area contributed by atoms with Gasteiger partial charge in [-0.25, -0.2) is 13.6 Å². The number of fused-ring (bicyclic) bond motifs is 1. The van der Waals surface area contributed by atoms with Crippen molar-refractivity contribution in [2.45, 2.75) is 19.9 Å². The molecule has 2 heterocycles. The third-order valence-corrected chi connectivity index (χ3v) is 5.26. The molecule has 0 spiro atoms. The van der Waals surface area contributed by atoms with E-state index < -0.39 is 23.5 Å². The van der Waals surface area contributed by atoms with E-state index in [4.69, 9.17) is 4.74 Å². The number of hydrogen-bond donors (Lipinski definition) is 1. The zero-order chi connectivity index (χ0) is 18.8. The van der Waals surface area contributed by atoms with E-state index in [0.29, 0.717) is 29.6 Å². The molecule has 3 rings (SSSR count). The number of benzene rings is 1. The number of rotatable bonds is 4. The fourth-order valence-corrected chi connectivity index (χ4v) is 4.19. The lowest BCUT2D eigenvalue weighted by molar-refractivity contribution is 0.0526. The van der Waals surface area contributed by atoms with Crippen molar-refractivity contribution in [1.82, 2.24) is 4.90 Å². The third-order valence-electron chi connectivity index (χ3n) is 4.13. The molecule has 26 heavy (non-hydrogen) atoms. The first-order valence-corrected chi connectivity index (χ1v) is 8.99. The highest BCUT2D eigenvalue weighted by atomic mass is 32.1. The molecule has 0 aliphatic carbocycles. The van der Waals surface area contributed by atoms with Crippen LogP contribution in [-0.4, -0.2) is 37.0 Å². The molecule has 0 radical (unpaired) electrons. The number of thiophene rings is 1. The fourth-order valence-electron chi connectivity index (χ4n) is 2.88. The van der Waals surface area contributed by atoms with Gasteiger partial charge in [-0.15, -0.1) is 11.3 Å². The Balaban J connectivity index is 1.96. The monoisotopic (exact) mass is 380 g/mol. The van der Waals surface area contributed by atoms with E-state index in [1.54, 1.807) is 6.92 Å². The highest BCUT2D eigenvalue weighted by Crippen LogP contribution is 2.37. The number of anilines is 1. The Morgan fingerprint density at radius 2 is 2.12 bits per heavy atom. The molecule has 1 aliphatic heterocycles. The van der Waals surface area contributed by atoms with Crippen molar-refractivity contribution in [3.8, 4) is 0 Å². The highest BCUT2D eigenvalue weighted by Gasteiger charge is 2.29. The Bertz CT molecular complexity index is 866. The number of carbonyl (C=O) groups excluding carboxylic acids is 2. The number of carbonyl (C=O) groups is 2. The van der Waals surface area contributed by atoms with Gasteiger partial charge in [-0.05, 0) is 38.1 Å². The SMILES string of the molecule is CCOC(=O)c1c(NC(=O)c2ccc(F)cc2F)sc2c1CCN(C)C2. The van der Waals surface area contributed by atoms with Crippen molar-refractivity contribution >= 4 is 28.2 Å². The van der Waals surface area contributed by atoms with E-state index in [1.807, 2.05) is 7.05 Å². The number of esters is 1. The largest absolute Gasteiger partial charge is 0.462 e. The topological polar surface area (TPSA) is 58.6 Å². The maximum absolute atomic E-state index is 13.9. The molecule has 0 saturated carbocycles. The van der Waals surface area contributed by atoms with E-state index in [0.717, 1.165) is 29.1 Å². The summed E-state index contributed by atoms with van der Waals surface area (Å²) >= 11 is 1.28. The number of halogens is 2. The Labute approximate surface area is 153 Å². The Hall–Kier alpha value is -2.32. The summed E-state index contributed by atoms with van der Waals surface area (Å²) in [5, 5.41) is 2.93. The predicted octanol–water partition coefficient (Wildman–Crippen LogP) is 3.44. The molecule has 2 aromatic rings. The molecular formula is C18H18F2N2O3S. The van der Waals surface area contributed by atoms with Gasteiger partial charge in [0.05, 0.1) is 17.7 Å². The van der Waals surface area contributed by atoms with Gasteiger partial charge in [0.2, 0.25) is 0 Å². The van der Waals surface area contributed by atoms with Crippen molar-refractivity contribution in [2.75, 3.05) is 25.5 Å². The summed E-state index contributed by atoms with van der Waals surface area (Å²) in [5.74, 6) is -2.97. The number of nitrogens with zero attached hydrogens (tertiary/aromatic N) is 1. The molecule has 5 nitrogen and oxygen atoms in total. The lowest BCUT2D eigenvalue weighted by Gasteiger charge is -2.22. The molecule has 138 valence electrons. The van der Waals surface area contributed by atoms with Crippen LogP contribution in [0.4, 0.5) is 13.8 Å². The van der Waals surface area contributed by atoms with E-state index in [-0.39, 0.29) is 12.2 Å². The normalized spacial score (nSPS) is 14.0. The number of likely N-dealkylation sites (N-methyl/N-ethyl adjacent to an activating group) is 1. The summed E-state index contributed by atoms with van der Waals surface area (Å²) in [4.78, 5) is 27.9. The van der Waals surface area contributed by atoms with Gasteiger partial charge >= 0.3 is 5.97 Å². The van der Waals surface area contributed by atoms with Crippen molar-refractivity contribution in [1.29, 1.82) is 0 Å². The quantitative estimate of drug-likeness (QED) is 0.826. The number of hydrogen-bond acceptors (Lipinski definition) is 5. The van der Waals surface area contributed by atoms with Gasteiger partial charge < -0.3 is 15.0 Å². The second kappa shape index (κ2) is 7.51. The van der Waals surface area contributed by atoms with Crippen LogP contribution in [0.25, 0.3) is 0 Å². The summed E-state index contributed by atoms with van der Waals surface area (Å²) in [6.07, 6.45) is 0.664. The average Bonchev–Trinajstić information content (AvgIpc) is 2.91. The van der Waals surface area contributed by atoms with Crippen LogP contribution in [0.5, 0.6) is 0 Å². The summed E-state index contributed by atoms with van der Waals surface area (Å²) in [6.45, 7) is 3.36. The molecule has 1 N–H and O–H groups in total. The zero-order valence-corrected chi connectivity index (χ0v) is 15.2. The number of amides is 1. The first-order chi connectivity index (χ1) is 12.4. The van der Waals surface area contributed by atoms with Crippen LogP contribution in [0.15, 0.2) is 18.2 Å². The third kappa shape index (κ3) is 3.61. The molecular weight excluding hydrogens is 362 g/mol. The first-order valence-electron chi connectivity index (χ1n) is 8.17. The molecule has 0 fully saturated rings. The minimum absolute atomic E-state index is 0.212. The van der Waals surface area contributed by atoms with Crippen LogP contribution in [0, 0.1) is 11.6 Å². The molecule has 1 aromatic carbocycles. The number of ether oxygens (including phenoxy) is 1. The molecule has 1 amide bonds. The summed E-state index contributed by atoms with van der Waals surface area (Å²) in [7, 11) is 1.97. The molecule has 8 heteroatoms. The lowest BCUT2D eigenvalue weighted by atomic mass is 10.0. The van der Waals surface area contributed by atoms with E-state index in [2.05, 4.69) is 10.2 Å². The lowest BCUT2D eigenvalue weighted by Crippen LogP contribution is -2.26. The van der Waals surface area contributed by atoms with Gasteiger partial charge in [-0.3, -0.25) is 4.79 Å². The van der Waals surface area contributed by atoms with Gasteiger partial charge in [-0.2, -0.15) is 0 Å². The standard InChI is InChI=1S/C18H18F2N2O3S/c1-3-25-18(24)15-12-6-7-22(2)9-14(12)26-17(15)21-16(23)11-5-4-10(19)8-13(11)20/h4-5,8H,3,6-7,9H2,1-2H3,(H,21,23). The van der Waals surface area contributed by atoms with Crippen molar-refractivity contribution in [3.63, 3.8) is 0 Å². The smallest absolute Gasteiger partial charge is 0.341 e. The van der Waals surface area contributed by atoms with Crippen molar-refractivity contribution in [2.24, 2.45) is 0 Å². The van der Waals surface area contributed by atoms with Crippen LogP contribution < -0.4 is 5.32 Å². The Kier molecular flexibility index (Phi) is 5.33. The molecule has 0 bridgehead atoms. The Morgan fingerprint density at radius 3 is 2.81 bits per heavy atom. The van der Waals surface area contributed by atoms with Crippen molar-refractivity contribution < 1.29 is 23.1 Å². The van der Waals surface area contributed by atoms with Crippen LogP contribution in [0.2, 0.25) is 0 Å². The van der Waals surface area contributed by atoms with Gasteiger partial charge in [0.1, 0.15) is 16.6 Å². The van der Waals surface area contributed by atoms with Gasteiger partial charge in [0.15, 0.2) is 0 Å². The Morgan fingerprint density at radius 1 is 1.35 bits per heavy atom. The fraction of sp³-hybridized carbons (Fsp3) is 0.333. The maximum atomic E-state index is 13.9. The van der Waals surface area contributed by atoms with E-state index >= 15 is 0 Å². The highest BCUT2D eigenvalue weighted by molar-refractivity contribution is 7.17. The molecule has 0 atom stereocenters. The van der Waals surface area contributed by atoms with Crippen molar-refractivity contribution in [3.05, 3.63) is 51.4 Å². The summed E-state index contributed by atoms with van der Waals surface area (Å²) in [5.41, 5.74) is 0.905. The average molecular weight is 380 g/mol. The van der Waals surface area contributed by atoms with Crippen LogP contribution in [0.1, 0.15) is 38.1 Å². The minimum Gasteiger partial charge on any atom is -0.462 e.